The number of benzene rings is 2. The summed E-state index contributed by atoms with van der Waals surface area (Å²) in [6.07, 6.45) is 0. The third-order valence-electron chi connectivity index (χ3n) is 4.78. The molecule has 0 spiro atoms. The van der Waals surface area contributed by atoms with Crippen molar-refractivity contribution in [3.8, 4) is 0 Å². The molecule has 3 aromatic rings. The summed E-state index contributed by atoms with van der Waals surface area (Å²) in [7, 11) is 0. The summed E-state index contributed by atoms with van der Waals surface area (Å²) < 4.78 is 5.45. The smallest absolute Gasteiger partial charge is 0.284 e. The third kappa shape index (κ3) is 3.54. The molecule has 1 aliphatic rings. The van der Waals surface area contributed by atoms with Crippen molar-refractivity contribution in [1.82, 2.24) is 4.90 Å². The van der Waals surface area contributed by atoms with E-state index in [-0.39, 0.29) is 5.76 Å². The number of carbonyl (C=O) groups is 1. The van der Waals surface area contributed by atoms with Crippen LogP contribution >= 0.6 is 11.6 Å². The molecule has 2 aromatic carbocycles. The summed E-state index contributed by atoms with van der Waals surface area (Å²) in [5.41, 5.74) is 8.35. The molecule has 1 saturated heterocycles. The number of fused-ring (bicyclic) bond motifs is 1. The number of anilines is 1. The van der Waals surface area contributed by atoms with Gasteiger partial charge in [-0.05, 0) is 42.0 Å². The fraction of sp³-hybridized carbons (Fsp3) is 0.250. The molecule has 4 rings (SSSR count). The molecule has 134 valence electrons. The van der Waals surface area contributed by atoms with E-state index in [4.69, 9.17) is 21.8 Å². The highest BCUT2D eigenvalue weighted by atomic mass is 35.5. The van der Waals surface area contributed by atoms with E-state index < -0.39 is 5.91 Å². The topological polar surface area (TPSA) is 62.7 Å². The van der Waals surface area contributed by atoms with Gasteiger partial charge in [-0.15, -0.1) is 0 Å². The van der Waals surface area contributed by atoms with Crippen LogP contribution in [-0.4, -0.2) is 37.0 Å². The molecular weight excluding hydrogens is 350 g/mol. The van der Waals surface area contributed by atoms with Crippen LogP contribution in [0.15, 0.2) is 52.9 Å². The number of halogens is 1. The van der Waals surface area contributed by atoms with Gasteiger partial charge in [0.05, 0.1) is 0 Å². The SMILES string of the molecule is NC(=O)c1cc2cc(N3CCN(Cc4cccc(Cl)c4)CC3)ccc2o1. The van der Waals surface area contributed by atoms with Crippen molar-refractivity contribution in [3.63, 3.8) is 0 Å². The molecule has 0 saturated carbocycles. The van der Waals surface area contributed by atoms with E-state index in [1.807, 2.05) is 30.3 Å². The van der Waals surface area contributed by atoms with Gasteiger partial charge in [0.15, 0.2) is 5.76 Å². The molecule has 1 amide bonds. The van der Waals surface area contributed by atoms with Gasteiger partial charge in [0, 0.05) is 48.8 Å². The van der Waals surface area contributed by atoms with Crippen molar-refractivity contribution < 1.29 is 9.21 Å². The maximum absolute atomic E-state index is 11.3. The van der Waals surface area contributed by atoms with Crippen LogP contribution in [-0.2, 0) is 6.54 Å². The normalized spacial score (nSPS) is 15.5. The maximum Gasteiger partial charge on any atom is 0.284 e. The molecule has 1 aromatic heterocycles. The molecule has 0 aliphatic carbocycles. The first kappa shape index (κ1) is 16.9. The quantitative estimate of drug-likeness (QED) is 0.764. The van der Waals surface area contributed by atoms with Crippen LogP contribution < -0.4 is 10.6 Å². The van der Waals surface area contributed by atoms with E-state index in [0.717, 1.165) is 48.8 Å². The largest absolute Gasteiger partial charge is 0.451 e. The van der Waals surface area contributed by atoms with E-state index in [2.05, 4.69) is 21.9 Å². The first-order valence-corrected chi connectivity index (χ1v) is 9.01. The Morgan fingerprint density at radius 3 is 2.62 bits per heavy atom. The highest BCUT2D eigenvalue weighted by Gasteiger charge is 2.18. The fourth-order valence-corrected chi connectivity index (χ4v) is 3.62. The minimum Gasteiger partial charge on any atom is -0.451 e. The fourth-order valence-electron chi connectivity index (χ4n) is 3.41. The monoisotopic (exact) mass is 369 g/mol. The van der Waals surface area contributed by atoms with E-state index >= 15 is 0 Å². The average molecular weight is 370 g/mol. The average Bonchev–Trinajstić information content (AvgIpc) is 3.06. The minimum absolute atomic E-state index is 0.198. The Kier molecular flexibility index (Phi) is 4.57. The molecule has 2 heterocycles. The van der Waals surface area contributed by atoms with Gasteiger partial charge >= 0.3 is 0 Å². The number of rotatable bonds is 4. The van der Waals surface area contributed by atoms with Gasteiger partial charge in [-0.2, -0.15) is 0 Å². The summed E-state index contributed by atoms with van der Waals surface area (Å²) in [6, 6.07) is 15.7. The van der Waals surface area contributed by atoms with Gasteiger partial charge in [-0.1, -0.05) is 23.7 Å². The number of amides is 1. The Morgan fingerprint density at radius 2 is 1.88 bits per heavy atom. The van der Waals surface area contributed by atoms with Crippen LogP contribution in [0.25, 0.3) is 11.0 Å². The zero-order chi connectivity index (χ0) is 18.1. The molecule has 0 atom stereocenters. The second-order valence-electron chi connectivity index (χ2n) is 6.59. The number of furan rings is 1. The van der Waals surface area contributed by atoms with E-state index in [1.165, 1.54) is 5.56 Å². The van der Waals surface area contributed by atoms with Crippen molar-refractivity contribution in [2.24, 2.45) is 5.73 Å². The molecule has 1 aliphatic heterocycles. The van der Waals surface area contributed by atoms with E-state index in [9.17, 15) is 4.79 Å². The zero-order valence-electron chi connectivity index (χ0n) is 14.3. The highest BCUT2D eigenvalue weighted by molar-refractivity contribution is 6.30. The summed E-state index contributed by atoms with van der Waals surface area (Å²) in [6.45, 7) is 4.79. The van der Waals surface area contributed by atoms with Gasteiger partial charge in [0.25, 0.3) is 5.91 Å². The van der Waals surface area contributed by atoms with E-state index in [1.54, 1.807) is 6.07 Å². The molecule has 26 heavy (non-hydrogen) atoms. The second-order valence-corrected chi connectivity index (χ2v) is 7.03. The predicted molar refractivity (Wildman–Crippen MR) is 104 cm³/mol. The summed E-state index contributed by atoms with van der Waals surface area (Å²) in [4.78, 5) is 16.1. The Bertz CT molecular complexity index is 945. The molecule has 6 heteroatoms. The Balaban J connectivity index is 1.42. The molecular formula is C20H20ClN3O2. The lowest BCUT2D eigenvalue weighted by Gasteiger charge is -2.36. The Hall–Kier alpha value is -2.50. The van der Waals surface area contributed by atoms with Crippen molar-refractivity contribution in [2.75, 3.05) is 31.1 Å². The van der Waals surface area contributed by atoms with Crippen molar-refractivity contribution >= 4 is 34.2 Å². The van der Waals surface area contributed by atoms with Crippen LogP contribution in [0.2, 0.25) is 5.02 Å². The van der Waals surface area contributed by atoms with Crippen LogP contribution in [0.5, 0.6) is 0 Å². The van der Waals surface area contributed by atoms with Crippen molar-refractivity contribution in [3.05, 3.63) is 64.9 Å². The lowest BCUT2D eigenvalue weighted by molar-refractivity contribution is 0.0976. The van der Waals surface area contributed by atoms with Gasteiger partial charge < -0.3 is 15.1 Å². The summed E-state index contributed by atoms with van der Waals surface area (Å²) in [5, 5.41) is 1.68. The summed E-state index contributed by atoms with van der Waals surface area (Å²) in [5.74, 6) is -0.346. The third-order valence-corrected chi connectivity index (χ3v) is 5.01. The Morgan fingerprint density at radius 1 is 1.08 bits per heavy atom. The first-order valence-electron chi connectivity index (χ1n) is 8.64. The molecule has 2 N–H and O–H groups in total. The maximum atomic E-state index is 11.3. The standard InChI is InChI=1S/C20H20ClN3O2/c21-16-3-1-2-14(10-16)13-23-6-8-24(9-7-23)17-4-5-18-15(11-17)12-19(26-18)20(22)25/h1-5,10-12H,6-9,13H2,(H2,22,25). The number of hydrogen-bond acceptors (Lipinski definition) is 4. The van der Waals surface area contributed by atoms with Gasteiger partial charge in [-0.25, -0.2) is 0 Å². The molecule has 0 unspecified atom stereocenters. The minimum atomic E-state index is -0.544. The van der Waals surface area contributed by atoms with Crippen molar-refractivity contribution in [1.29, 1.82) is 0 Å². The van der Waals surface area contributed by atoms with Crippen LogP contribution in [0.3, 0.4) is 0 Å². The number of nitrogens with two attached hydrogens (primary N) is 1. The first-order chi connectivity index (χ1) is 12.6. The predicted octanol–water partition coefficient (Wildman–Crippen LogP) is 3.51. The van der Waals surface area contributed by atoms with Crippen LogP contribution in [0, 0.1) is 0 Å². The number of carbonyl (C=O) groups excluding carboxylic acids is 1. The molecule has 5 nitrogen and oxygen atoms in total. The number of primary amides is 1. The number of nitrogens with zero attached hydrogens (tertiary/aromatic N) is 2. The zero-order valence-corrected chi connectivity index (χ0v) is 15.1. The van der Waals surface area contributed by atoms with Crippen LogP contribution in [0.4, 0.5) is 5.69 Å². The van der Waals surface area contributed by atoms with Gasteiger partial charge in [-0.3, -0.25) is 9.69 Å². The van der Waals surface area contributed by atoms with Crippen LogP contribution in [0.1, 0.15) is 16.1 Å². The lowest BCUT2D eigenvalue weighted by atomic mass is 10.1. The highest BCUT2D eigenvalue weighted by Crippen LogP contribution is 2.26. The van der Waals surface area contributed by atoms with Crippen molar-refractivity contribution in [2.45, 2.75) is 6.54 Å². The number of piperazine rings is 1. The number of hydrogen-bond donors (Lipinski definition) is 1. The molecule has 0 radical (unpaired) electrons. The van der Waals surface area contributed by atoms with Gasteiger partial charge in [0.2, 0.25) is 0 Å². The Labute approximate surface area is 156 Å². The summed E-state index contributed by atoms with van der Waals surface area (Å²) >= 11 is 6.07. The lowest BCUT2D eigenvalue weighted by Crippen LogP contribution is -2.45. The second kappa shape index (κ2) is 7.02. The molecule has 1 fully saturated rings. The van der Waals surface area contributed by atoms with E-state index in [0.29, 0.717) is 5.58 Å². The molecule has 0 bridgehead atoms. The van der Waals surface area contributed by atoms with Gasteiger partial charge in [0.1, 0.15) is 5.58 Å².